The first kappa shape index (κ1) is 19.5. The zero-order chi connectivity index (χ0) is 19.7. The molecular weight excluding hydrogens is 392 g/mol. The molecule has 0 aromatic heterocycles. The number of thioether (sulfide) groups is 1. The predicted molar refractivity (Wildman–Crippen MR) is 112 cm³/mol. The molecule has 0 N–H and O–H groups in total. The topological polar surface area (TPSA) is 57.7 Å². The van der Waals surface area contributed by atoms with Crippen molar-refractivity contribution in [3.8, 4) is 0 Å². The van der Waals surface area contributed by atoms with Gasteiger partial charge in [0.15, 0.2) is 0 Å². The summed E-state index contributed by atoms with van der Waals surface area (Å²) in [7, 11) is -3.46. The molecule has 5 nitrogen and oxygen atoms in total. The second-order valence-electron chi connectivity index (χ2n) is 7.28. The molecule has 0 unspecified atom stereocenters. The molecule has 1 atom stereocenters. The van der Waals surface area contributed by atoms with Gasteiger partial charge >= 0.3 is 0 Å². The Kier molecular flexibility index (Phi) is 5.49. The van der Waals surface area contributed by atoms with Crippen molar-refractivity contribution in [1.82, 2.24) is 4.31 Å². The van der Waals surface area contributed by atoms with E-state index in [1.54, 1.807) is 36.0 Å². The second kappa shape index (κ2) is 7.89. The zero-order valence-electron chi connectivity index (χ0n) is 15.9. The number of hydrogen-bond donors (Lipinski definition) is 0. The summed E-state index contributed by atoms with van der Waals surface area (Å²) >= 11 is 1.79. The molecule has 2 aromatic carbocycles. The summed E-state index contributed by atoms with van der Waals surface area (Å²) < 4.78 is 26.9. The van der Waals surface area contributed by atoms with Crippen LogP contribution in [0.1, 0.15) is 36.5 Å². The third-order valence-corrected chi connectivity index (χ3v) is 8.44. The van der Waals surface area contributed by atoms with E-state index in [2.05, 4.69) is 6.92 Å². The Morgan fingerprint density at radius 1 is 1.00 bits per heavy atom. The molecule has 1 saturated heterocycles. The van der Waals surface area contributed by atoms with E-state index in [1.807, 2.05) is 29.2 Å². The molecule has 28 heavy (non-hydrogen) atoms. The van der Waals surface area contributed by atoms with Crippen molar-refractivity contribution in [2.45, 2.75) is 41.2 Å². The fraction of sp³-hybridized carbons (Fsp3) is 0.381. The number of sulfonamides is 1. The van der Waals surface area contributed by atoms with Crippen LogP contribution in [0.25, 0.3) is 0 Å². The summed E-state index contributed by atoms with van der Waals surface area (Å²) in [6, 6.07) is 14.3. The van der Waals surface area contributed by atoms with Gasteiger partial charge in [0.05, 0.1) is 10.6 Å². The van der Waals surface area contributed by atoms with Crippen LogP contribution in [0.5, 0.6) is 0 Å². The third kappa shape index (κ3) is 3.71. The van der Waals surface area contributed by atoms with E-state index in [0.29, 0.717) is 30.4 Å². The molecule has 1 amide bonds. The Balaban J connectivity index is 1.60. The fourth-order valence-electron chi connectivity index (χ4n) is 3.70. The van der Waals surface area contributed by atoms with Gasteiger partial charge in [-0.25, -0.2) is 8.42 Å². The molecule has 2 aliphatic rings. The minimum atomic E-state index is -3.46. The van der Waals surface area contributed by atoms with Gasteiger partial charge in [-0.05, 0) is 55.7 Å². The molecule has 7 heteroatoms. The monoisotopic (exact) mass is 416 g/mol. The van der Waals surface area contributed by atoms with Crippen LogP contribution in [0.3, 0.4) is 0 Å². The number of carbonyl (C=O) groups is 1. The largest absolute Gasteiger partial charge is 0.307 e. The Morgan fingerprint density at radius 2 is 1.68 bits per heavy atom. The number of hydrogen-bond acceptors (Lipinski definition) is 4. The molecule has 0 saturated carbocycles. The Morgan fingerprint density at radius 3 is 2.39 bits per heavy atom. The van der Waals surface area contributed by atoms with Crippen LogP contribution in [0.2, 0.25) is 0 Å². The molecule has 2 aliphatic heterocycles. The van der Waals surface area contributed by atoms with Crippen LogP contribution >= 0.6 is 11.8 Å². The number of carbonyl (C=O) groups excluding carboxylic acids is 1. The SMILES string of the molecule is C[C@@H]1CCN(C(=O)c2ccc(S(=O)(=O)N3CCCC3)cc2)c2ccccc2S1. The average Bonchev–Trinajstić information content (AvgIpc) is 3.19. The number of benzene rings is 2. The first-order chi connectivity index (χ1) is 13.5. The lowest BCUT2D eigenvalue weighted by Crippen LogP contribution is -2.32. The summed E-state index contributed by atoms with van der Waals surface area (Å²) in [6.07, 6.45) is 2.72. The first-order valence-electron chi connectivity index (χ1n) is 9.64. The van der Waals surface area contributed by atoms with Gasteiger partial charge < -0.3 is 4.90 Å². The molecule has 0 aliphatic carbocycles. The normalized spacial score (nSPS) is 20.6. The van der Waals surface area contributed by atoms with Crippen molar-refractivity contribution in [2.24, 2.45) is 0 Å². The summed E-state index contributed by atoms with van der Waals surface area (Å²) in [5, 5.41) is 0.437. The van der Waals surface area contributed by atoms with E-state index in [9.17, 15) is 13.2 Å². The Labute approximate surface area is 170 Å². The Hall–Kier alpha value is -1.83. The summed E-state index contributed by atoms with van der Waals surface area (Å²) in [6.45, 7) is 3.97. The maximum Gasteiger partial charge on any atom is 0.258 e. The lowest BCUT2D eigenvalue weighted by atomic mass is 10.1. The number of nitrogens with zero attached hydrogens (tertiary/aromatic N) is 2. The molecule has 0 radical (unpaired) electrons. The van der Waals surface area contributed by atoms with E-state index >= 15 is 0 Å². The smallest absolute Gasteiger partial charge is 0.258 e. The van der Waals surface area contributed by atoms with Gasteiger partial charge in [-0.15, -0.1) is 11.8 Å². The average molecular weight is 417 g/mol. The van der Waals surface area contributed by atoms with Gasteiger partial charge in [0, 0.05) is 35.3 Å². The highest BCUT2D eigenvalue weighted by Gasteiger charge is 2.28. The number of fused-ring (bicyclic) bond motifs is 1. The lowest BCUT2D eigenvalue weighted by molar-refractivity contribution is 0.0986. The van der Waals surface area contributed by atoms with Crippen LogP contribution in [0.15, 0.2) is 58.3 Å². The van der Waals surface area contributed by atoms with Crippen molar-refractivity contribution >= 4 is 33.4 Å². The molecule has 2 heterocycles. The quantitative estimate of drug-likeness (QED) is 0.759. The van der Waals surface area contributed by atoms with E-state index < -0.39 is 10.0 Å². The second-order valence-corrected chi connectivity index (χ2v) is 10.7. The van der Waals surface area contributed by atoms with Crippen molar-refractivity contribution < 1.29 is 13.2 Å². The number of rotatable bonds is 3. The fourth-order valence-corrected chi connectivity index (χ4v) is 6.33. The minimum absolute atomic E-state index is 0.0905. The summed E-state index contributed by atoms with van der Waals surface area (Å²) in [4.78, 5) is 16.4. The molecule has 1 fully saturated rings. The van der Waals surface area contributed by atoms with Crippen molar-refractivity contribution in [3.63, 3.8) is 0 Å². The van der Waals surface area contributed by atoms with Crippen molar-refractivity contribution in [3.05, 3.63) is 54.1 Å². The van der Waals surface area contributed by atoms with Crippen LogP contribution in [0, 0.1) is 0 Å². The first-order valence-corrected chi connectivity index (χ1v) is 12.0. The lowest BCUT2D eigenvalue weighted by Gasteiger charge is -2.23. The molecular formula is C21H24N2O3S2. The van der Waals surface area contributed by atoms with Gasteiger partial charge in [-0.3, -0.25) is 4.79 Å². The molecule has 148 valence electrons. The van der Waals surface area contributed by atoms with Gasteiger partial charge in [0.2, 0.25) is 10.0 Å². The minimum Gasteiger partial charge on any atom is -0.307 e. The van der Waals surface area contributed by atoms with Gasteiger partial charge in [-0.1, -0.05) is 19.1 Å². The zero-order valence-corrected chi connectivity index (χ0v) is 17.5. The highest BCUT2D eigenvalue weighted by Crippen LogP contribution is 2.37. The number of para-hydroxylation sites is 1. The van der Waals surface area contributed by atoms with E-state index in [-0.39, 0.29) is 10.8 Å². The third-order valence-electron chi connectivity index (χ3n) is 5.29. The number of anilines is 1. The Bertz CT molecular complexity index is 967. The molecule has 0 spiro atoms. The van der Waals surface area contributed by atoms with E-state index in [0.717, 1.165) is 29.8 Å². The maximum atomic E-state index is 13.2. The molecule has 0 bridgehead atoms. The molecule has 2 aromatic rings. The van der Waals surface area contributed by atoms with Crippen molar-refractivity contribution in [2.75, 3.05) is 24.5 Å². The van der Waals surface area contributed by atoms with E-state index in [4.69, 9.17) is 0 Å². The van der Waals surface area contributed by atoms with Gasteiger partial charge in [-0.2, -0.15) is 4.31 Å². The summed E-state index contributed by atoms with van der Waals surface area (Å²) in [5.74, 6) is -0.0905. The van der Waals surface area contributed by atoms with Crippen LogP contribution in [-0.2, 0) is 10.0 Å². The summed E-state index contributed by atoms with van der Waals surface area (Å²) in [5.41, 5.74) is 1.44. The highest BCUT2D eigenvalue weighted by molar-refractivity contribution is 8.00. The molecule has 4 rings (SSSR count). The van der Waals surface area contributed by atoms with Crippen LogP contribution in [-0.4, -0.2) is 43.5 Å². The van der Waals surface area contributed by atoms with Crippen LogP contribution < -0.4 is 4.90 Å². The van der Waals surface area contributed by atoms with E-state index in [1.165, 1.54) is 4.31 Å². The standard InChI is InChI=1S/C21H24N2O3S2/c1-16-12-15-23(19-6-2-3-7-20(19)27-16)21(24)17-8-10-18(11-9-17)28(25,26)22-13-4-5-14-22/h2-3,6-11,16H,4-5,12-15H2,1H3/t16-/m1/s1. The number of amides is 1. The van der Waals surface area contributed by atoms with Gasteiger partial charge in [0.1, 0.15) is 0 Å². The predicted octanol–water partition coefficient (Wildman–Crippen LogP) is 4.00. The highest BCUT2D eigenvalue weighted by atomic mass is 32.2. The van der Waals surface area contributed by atoms with Crippen LogP contribution in [0.4, 0.5) is 5.69 Å². The van der Waals surface area contributed by atoms with Gasteiger partial charge in [0.25, 0.3) is 5.91 Å². The van der Waals surface area contributed by atoms with Crippen molar-refractivity contribution in [1.29, 1.82) is 0 Å². The maximum absolute atomic E-state index is 13.2.